The van der Waals surface area contributed by atoms with Crippen LogP contribution in [-0.2, 0) is 9.47 Å². The number of benzene rings is 2. The molecule has 2 N–H and O–H groups in total. The lowest BCUT2D eigenvalue weighted by atomic mass is 10.3. The maximum absolute atomic E-state index is 8.85. The fraction of sp³-hybridized carbons (Fsp3) is 0.455. The first kappa shape index (κ1) is 23.8. The van der Waals surface area contributed by atoms with E-state index in [1.807, 2.05) is 36.4 Å². The lowest BCUT2D eigenvalue weighted by Gasteiger charge is -2.13. The van der Waals surface area contributed by atoms with Gasteiger partial charge in [-0.15, -0.1) is 0 Å². The summed E-state index contributed by atoms with van der Waals surface area (Å²) in [5, 5.41) is 17.7. The zero-order valence-corrected chi connectivity index (χ0v) is 17.0. The molecule has 166 valence electrons. The Balaban J connectivity index is 1.50. The Labute approximate surface area is 176 Å². The first-order valence-corrected chi connectivity index (χ1v) is 9.91. The zero-order valence-electron chi connectivity index (χ0n) is 17.0. The molecule has 0 bridgehead atoms. The van der Waals surface area contributed by atoms with Crippen LogP contribution in [0.3, 0.4) is 0 Å². The van der Waals surface area contributed by atoms with Crippen LogP contribution in [-0.4, -0.2) is 76.3 Å². The molecule has 2 rings (SSSR count). The molecule has 0 aliphatic carbocycles. The van der Waals surface area contributed by atoms with Gasteiger partial charge in [-0.2, -0.15) is 0 Å². The van der Waals surface area contributed by atoms with Crippen LogP contribution in [0.5, 0.6) is 23.0 Å². The van der Waals surface area contributed by atoms with Crippen LogP contribution in [0.1, 0.15) is 0 Å². The molecule has 0 aliphatic heterocycles. The van der Waals surface area contributed by atoms with Gasteiger partial charge < -0.3 is 38.6 Å². The van der Waals surface area contributed by atoms with Gasteiger partial charge in [0.05, 0.1) is 39.6 Å². The van der Waals surface area contributed by atoms with Crippen LogP contribution in [0.15, 0.2) is 48.5 Å². The molecule has 0 radical (unpaired) electrons. The van der Waals surface area contributed by atoms with Crippen molar-refractivity contribution in [2.45, 2.75) is 0 Å². The van der Waals surface area contributed by atoms with E-state index in [1.54, 1.807) is 12.1 Å². The van der Waals surface area contributed by atoms with E-state index in [1.165, 1.54) is 0 Å². The second-order valence-corrected chi connectivity index (χ2v) is 5.96. The lowest BCUT2D eigenvalue weighted by Crippen LogP contribution is -2.14. The average Bonchev–Trinajstić information content (AvgIpc) is 2.78. The third-order valence-electron chi connectivity index (χ3n) is 3.74. The molecule has 0 unspecified atom stereocenters. The Morgan fingerprint density at radius 2 is 0.733 bits per heavy atom. The van der Waals surface area contributed by atoms with Gasteiger partial charge >= 0.3 is 0 Å². The highest BCUT2D eigenvalue weighted by Crippen LogP contribution is 2.27. The molecular formula is C22H30O8. The Bertz CT molecular complexity index is 635. The highest BCUT2D eigenvalue weighted by Gasteiger charge is 2.05. The quantitative estimate of drug-likeness (QED) is 0.374. The third kappa shape index (κ3) is 9.32. The van der Waals surface area contributed by atoms with Crippen LogP contribution < -0.4 is 18.9 Å². The van der Waals surface area contributed by atoms with E-state index in [0.29, 0.717) is 62.6 Å². The summed E-state index contributed by atoms with van der Waals surface area (Å²) >= 11 is 0. The minimum absolute atomic E-state index is 0.0491. The molecule has 0 atom stereocenters. The zero-order chi connectivity index (χ0) is 21.3. The van der Waals surface area contributed by atoms with E-state index in [4.69, 9.17) is 38.6 Å². The summed E-state index contributed by atoms with van der Waals surface area (Å²) in [5.74, 6) is 2.42. The first-order valence-electron chi connectivity index (χ1n) is 9.91. The number of hydrogen-bond donors (Lipinski definition) is 2. The number of rotatable bonds is 17. The van der Waals surface area contributed by atoms with Gasteiger partial charge in [0.2, 0.25) is 0 Å². The van der Waals surface area contributed by atoms with E-state index in [-0.39, 0.29) is 26.4 Å². The fourth-order valence-electron chi connectivity index (χ4n) is 2.43. The van der Waals surface area contributed by atoms with E-state index < -0.39 is 0 Å². The molecule has 0 saturated carbocycles. The molecule has 8 heteroatoms. The van der Waals surface area contributed by atoms with E-state index in [0.717, 1.165) is 0 Å². The maximum atomic E-state index is 8.85. The Hall–Kier alpha value is -2.52. The van der Waals surface area contributed by atoms with E-state index in [2.05, 4.69) is 0 Å². The number of hydrogen-bond acceptors (Lipinski definition) is 8. The number of ether oxygens (including phenoxy) is 6. The molecule has 0 spiro atoms. The smallest absolute Gasteiger partial charge is 0.161 e. The van der Waals surface area contributed by atoms with E-state index in [9.17, 15) is 0 Å². The lowest BCUT2D eigenvalue weighted by molar-refractivity contribution is 0.0267. The van der Waals surface area contributed by atoms with Crippen LogP contribution >= 0.6 is 0 Å². The maximum Gasteiger partial charge on any atom is 0.161 e. The molecule has 0 aliphatic rings. The Morgan fingerprint density at radius 3 is 1.07 bits per heavy atom. The van der Waals surface area contributed by atoms with Gasteiger partial charge in [0.25, 0.3) is 0 Å². The van der Waals surface area contributed by atoms with E-state index >= 15 is 0 Å². The monoisotopic (exact) mass is 422 g/mol. The van der Waals surface area contributed by atoms with Crippen molar-refractivity contribution in [3.63, 3.8) is 0 Å². The normalized spacial score (nSPS) is 10.6. The molecule has 0 saturated heterocycles. The summed E-state index contributed by atoms with van der Waals surface area (Å²) in [4.78, 5) is 0. The van der Waals surface area contributed by atoms with Crippen molar-refractivity contribution >= 4 is 0 Å². The topological polar surface area (TPSA) is 95.8 Å². The van der Waals surface area contributed by atoms with Gasteiger partial charge in [-0.1, -0.05) is 24.3 Å². The van der Waals surface area contributed by atoms with Crippen molar-refractivity contribution in [3.05, 3.63) is 48.5 Å². The number of aliphatic hydroxyl groups is 2. The van der Waals surface area contributed by atoms with Crippen molar-refractivity contribution < 1.29 is 38.6 Å². The van der Waals surface area contributed by atoms with Crippen molar-refractivity contribution in [2.75, 3.05) is 66.1 Å². The molecule has 0 heterocycles. The van der Waals surface area contributed by atoms with Gasteiger partial charge in [0.15, 0.2) is 23.0 Å². The van der Waals surface area contributed by atoms with Crippen molar-refractivity contribution in [1.82, 2.24) is 0 Å². The second-order valence-electron chi connectivity index (χ2n) is 5.96. The molecule has 2 aromatic carbocycles. The van der Waals surface area contributed by atoms with Crippen LogP contribution in [0.2, 0.25) is 0 Å². The SMILES string of the molecule is OCCOc1ccccc1OCCOCCOCCOc1ccccc1OCCO. The van der Waals surface area contributed by atoms with Gasteiger partial charge in [-0.05, 0) is 24.3 Å². The predicted molar refractivity (Wildman–Crippen MR) is 111 cm³/mol. The molecule has 8 nitrogen and oxygen atoms in total. The molecule has 0 fully saturated rings. The van der Waals surface area contributed by atoms with Crippen LogP contribution in [0, 0.1) is 0 Å². The Kier molecular flexibility index (Phi) is 12.1. The minimum atomic E-state index is -0.0491. The fourth-order valence-corrected chi connectivity index (χ4v) is 2.43. The summed E-state index contributed by atoms with van der Waals surface area (Å²) in [5.41, 5.74) is 0. The second kappa shape index (κ2) is 15.3. The summed E-state index contributed by atoms with van der Waals surface area (Å²) in [7, 11) is 0. The highest BCUT2D eigenvalue weighted by atomic mass is 16.6. The van der Waals surface area contributed by atoms with Gasteiger partial charge in [0, 0.05) is 0 Å². The third-order valence-corrected chi connectivity index (χ3v) is 3.74. The van der Waals surface area contributed by atoms with Gasteiger partial charge in [-0.3, -0.25) is 0 Å². The standard InChI is InChI=1S/C22H30O8/c23-9-11-27-19-5-1-3-7-21(19)29-17-15-25-13-14-26-16-18-30-22-8-4-2-6-20(22)28-12-10-24/h1-8,23-24H,9-18H2. The summed E-state index contributed by atoms with van der Waals surface area (Å²) in [6.45, 7) is 2.84. The Morgan fingerprint density at radius 1 is 0.433 bits per heavy atom. The number of para-hydroxylation sites is 4. The molecule has 0 amide bonds. The molecule has 30 heavy (non-hydrogen) atoms. The summed E-state index contributed by atoms with van der Waals surface area (Å²) in [6, 6.07) is 14.6. The molecule has 0 aromatic heterocycles. The average molecular weight is 422 g/mol. The first-order chi connectivity index (χ1) is 14.8. The summed E-state index contributed by atoms with van der Waals surface area (Å²) in [6.07, 6.45) is 0. The van der Waals surface area contributed by atoms with Crippen LogP contribution in [0.25, 0.3) is 0 Å². The van der Waals surface area contributed by atoms with Crippen LogP contribution in [0.4, 0.5) is 0 Å². The number of aliphatic hydroxyl groups excluding tert-OH is 2. The predicted octanol–water partition coefficient (Wildman–Crippen LogP) is 1.92. The largest absolute Gasteiger partial charge is 0.487 e. The minimum Gasteiger partial charge on any atom is -0.487 e. The van der Waals surface area contributed by atoms with Crippen molar-refractivity contribution in [1.29, 1.82) is 0 Å². The molecular weight excluding hydrogens is 392 g/mol. The van der Waals surface area contributed by atoms with Crippen molar-refractivity contribution in [2.24, 2.45) is 0 Å². The van der Waals surface area contributed by atoms with Gasteiger partial charge in [0.1, 0.15) is 26.4 Å². The highest BCUT2D eigenvalue weighted by molar-refractivity contribution is 5.40. The van der Waals surface area contributed by atoms with Crippen molar-refractivity contribution in [3.8, 4) is 23.0 Å². The molecule has 2 aromatic rings. The van der Waals surface area contributed by atoms with Gasteiger partial charge in [-0.25, -0.2) is 0 Å². The summed E-state index contributed by atoms with van der Waals surface area (Å²) < 4.78 is 33.1.